The van der Waals surface area contributed by atoms with Crippen LogP contribution in [-0.2, 0) is 13.1 Å². The van der Waals surface area contributed by atoms with Gasteiger partial charge in [0.25, 0.3) is 5.56 Å². The Kier molecular flexibility index (Phi) is 4.19. The highest BCUT2D eigenvalue weighted by Crippen LogP contribution is 2.38. The summed E-state index contributed by atoms with van der Waals surface area (Å²) in [6.45, 7) is 1.43. The monoisotopic (exact) mass is 359 g/mol. The second-order valence-electron chi connectivity index (χ2n) is 5.60. The molecule has 0 aliphatic carbocycles. The Morgan fingerprint density at radius 1 is 1.00 bits per heavy atom. The van der Waals surface area contributed by atoms with E-state index in [0.717, 1.165) is 25.1 Å². The van der Waals surface area contributed by atoms with Gasteiger partial charge in [0, 0.05) is 32.7 Å². The first-order chi connectivity index (χ1) is 10.4. The molecular formula is C15H16Cl3N3O. The first-order valence-corrected chi connectivity index (χ1v) is 8.21. The summed E-state index contributed by atoms with van der Waals surface area (Å²) >= 11 is 19.0. The summed E-state index contributed by atoms with van der Waals surface area (Å²) < 4.78 is 3.53. The third-order valence-corrected chi connectivity index (χ3v) is 4.95. The lowest BCUT2D eigenvalue weighted by Crippen LogP contribution is -2.27. The number of aromatic nitrogens is 2. The maximum absolute atomic E-state index is 12.7. The van der Waals surface area contributed by atoms with E-state index in [0.29, 0.717) is 32.9 Å². The Balaban J connectivity index is 2.27. The normalized spacial score (nSPS) is 14.0. The van der Waals surface area contributed by atoms with Crippen LogP contribution in [0.4, 0.5) is 5.69 Å². The molecule has 2 aromatic rings. The summed E-state index contributed by atoms with van der Waals surface area (Å²) in [5.41, 5.74) is 1.77. The van der Waals surface area contributed by atoms with Crippen molar-refractivity contribution in [2.45, 2.75) is 25.9 Å². The minimum Gasteiger partial charge on any atom is -0.376 e. The summed E-state index contributed by atoms with van der Waals surface area (Å²) in [6.07, 6.45) is 2.00. The molecule has 0 saturated carbocycles. The van der Waals surface area contributed by atoms with Crippen LogP contribution in [0, 0.1) is 0 Å². The molecule has 0 atom stereocenters. The van der Waals surface area contributed by atoms with Gasteiger partial charge < -0.3 is 4.90 Å². The van der Waals surface area contributed by atoms with E-state index in [9.17, 15) is 4.79 Å². The molecule has 1 aromatic carbocycles. The lowest BCUT2D eigenvalue weighted by Gasteiger charge is -2.17. The SMILES string of the molecule is CN(C)c1cc(-c2c(Cl)n3n(c2=O)CCCC3)c(Cl)cc1Cl. The highest BCUT2D eigenvalue weighted by Gasteiger charge is 2.24. The average molecular weight is 361 g/mol. The van der Waals surface area contributed by atoms with Crippen LogP contribution in [0.1, 0.15) is 12.8 Å². The molecule has 118 valence electrons. The number of nitrogens with zero attached hydrogens (tertiary/aromatic N) is 3. The second kappa shape index (κ2) is 5.84. The van der Waals surface area contributed by atoms with Crippen LogP contribution in [0.3, 0.4) is 0 Å². The van der Waals surface area contributed by atoms with Crippen molar-refractivity contribution < 1.29 is 0 Å². The number of hydrogen-bond donors (Lipinski definition) is 0. The van der Waals surface area contributed by atoms with Crippen molar-refractivity contribution in [1.82, 2.24) is 9.36 Å². The van der Waals surface area contributed by atoms with Gasteiger partial charge in [0.1, 0.15) is 5.15 Å². The number of anilines is 1. The van der Waals surface area contributed by atoms with Gasteiger partial charge in [-0.05, 0) is 25.0 Å². The van der Waals surface area contributed by atoms with E-state index in [-0.39, 0.29) is 5.56 Å². The van der Waals surface area contributed by atoms with Crippen LogP contribution in [-0.4, -0.2) is 23.5 Å². The van der Waals surface area contributed by atoms with Crippen molar-refractivity contribution in [1.29, 1.82) is 0 Å². The lowest BCUT2D eigenvalue weighted by atomic mass is 10.1. The molecule has 4 nitrogen and oxygen atoms in total. The lowest BCUT2D eigenvalue weighted by molar-refractivity contribution is 0.356. The van der Waals surface area contributed by atoms with Crippen molar-refractivity contribution in [2.75, 3.05) is 19.0 Å². The Bertz CT molecular complexity index is 792. The predicted molar refractivity (Wildman–Crippen MR) is 92.7 cm³/mol. The summed E-state index contributed by atoms with van der Waals surface area (Å²) in [7, 11) is 3.77. The molecule has 3 rings (SSSR count). The maximum atomic E-state index is 12.7. The molecule has 22 heavy (non-hydrogen) atoms. The largest absolute Gasteiger partial charge is 0.376 e. The van der Waals surface area contributed by atoms with Gasteiger partial charge in [0.2, 0.25) is 0 Å². The van der Waals surface area contributed by atoms with Crippen molar-refractivity contribution in [3.63, 3.8) is 0 Å². The number of fused-ring (bicyclic) bond motifs is 1. The molecule has 0 unspecified atom stereocenters. The Labute approximate surface area is 143 Å². The number of benzene rings is 1. The zero-order valence-electron chi connectivity index (χ0n) is 12.4. The summed E-state index contributed by atoms with van der Waals surface area (Å²) in [4.78, 5) is 14.6. The topological polar surface area (TPSA) is 30.2 Å². The van der Waals surface area contributed by atoms with E-state index in [1.165, 1.54) is 0 Å². The first-order valence-electron chi connectivity index (χ1n) is 7.07. The van der Waals surface area contributed by atoms with Gasteiger partial charge in [0.05, 0.1) is 21.3 Å². The van der Waals surface area contributed by atoms with Crippen molar-refractivity contribution in [3.8, 4) is 11.1 Å². The van der Waals surface area contributed by atoms with Crippen LogP contribution < -0.4 is 10.5 Å². The van der Waals surface area contributed by atoms with Crippen LogP contribution in [0.2, 0.25) is 15.2 Å². The average Bonchev–Trinajstić information content (AvgIpc) is 2.72. The summed E-state index contributed by atoms with van der Waals surface area (Å²) in [5, 5.41) is 1.41. The van der Waals surface area contributed by atoms with Gasteiger partial charge >= 0.3 is 0 Å². The predicted octanol–water partition coefficient (Wildman–Crippen LogP) is 4.14. The molecule has 0 amide bonds. The van der Waals surface area contributed by atoms with E-state index in [1.54, 1.807) is 10.7 Å². The molecule has 0 radical (unpaired) electrons. The van der Waals surface area contributed by atoms with Crippen LogP contribution >= 0.6 is 34.8 Å². The second-order valence-corrected chi connectivity index (χ2v) is 6.77. The van der Waals surface area contributed by atoms with Gasteiger partial charge in [-0.2, -0.15) is 0 Å². The van der Waals surface area contributed by atoms with E-state index in [4.69, 9.17) is 34.8 Å². The molecule has 7 heteroatoms. The summed E-state index contributed by atoms with van der Waals surface area (Å²) in [5.74, 6) is 0. The Morgan fingerprint density at radius 2 is 1.64 bits per heavy atom. The zero-order valence-corrected chi connectivity index (χ0v) is 14.6. The minimum atomic E-state index is -0.0985. The molecular weight excluding hydrogens is 345 g/mol. The first kappa shape index (κ1) is 15.8. The number of hydrogen-bond acceptors (Lipinski definition) is 2. The fourth-order valence-corrected chi connectivity index (χ4v) is 3.83. The molecule has 0 saturated heterocycles. The van der Waals surface area contributed by atoms with E-state index in [1.807, 2.05) is 29.7 Å². The third-order valence-electron chi connectivity index (χ3n) is 3.95. The maximum Gasteiger partial charge on any atom is 0.276 e. The van der Waals surface area contributed by atoms with Crippen LogP contribution in [0.5, 0.6) is 0 Å². The zero-order chi connectivity index (χ0) is 16.0. The molecule has 1 aliphatic rings. The van der Waals surface area contributed by atoms with Gasteiger partial charge in [-0.25, -0.2) is 4.68 Å². The fourth-order valence-electron chi connectivity index (χ4n) is 2.82. The highest BCUT2D eigenvalue weighted by molar-refractivity contribution is 6.39. The standard InChI is InChI=1S/C15H16Cl3N3O/c1-19(2)12-7-9(10(16)8-11(12)17)13-14(18)20-5-3-4-6-21(20)15(13)22/h7-8H,3-6H2,1-2H3. The Hall–Kier alpha value is -1.10. The molecule has 0 spiro atoms. The van der Waals surface area contributed by atoms with Crippen molar-refractivity contribution in [3.05, 3.63) is 37.7 Å². The molecule has 2 heterocycles. The van der Waals surface area contributed by atoms with E-state index < -0.39 is 0 Å². The highest BCUT2D eigenvalue weighted by atomic mass is 35.5. The van der Waals surface area contributed by atoms with Gasteiger partial charge in [-0.15, -0.1) is 0 Å². The molecule has 0 N–H and O–H groups in total. The number of halogens is 3. The Morgan fingerprint density at radius 3 is 2.23 bits per heavy atom. The van der Waals surface area contributed by atoms with Gasteiger partial charge in [-0.1, -0.05) is 34.8 Å². The minimum absolute atomic E-state index is 0.0985. The fraction of sp³-hybridized carbons (Fsp3) is 0.400. The van der Waals surface area contributed by atoms with E-state index >= 15 is 0 Å². The van der Waals surface area contributed by atoms with Crippen LogP contribution in [0.15, 0.2) is 16.9 Å². The quantitative estimate of drug-likeness (QED) is 0.806. The number of rotatable bonds is 2. The smallest absolute Gasteiger partial charge is 0.276 e. The van der Waals surface area contributed by atoms with Crippen molar-refractivity contribution in [2.24, 2.45) is 0 Å². The molecule has 1 aliphatic heterocycles. The van der Waals surface area contributed by atoms with Crippen LogP contribution in [0.25, 0.3) is 11.1 Å². The van der Waals surface area contributed by atoms with E-state index in [2.05, 4.69) is 0 Å². The van der Waals surface area contributed by atoms with Crippen molar-refractivity contribution >= 4 is 40.5 Å². The summed E-state index contributed by atoms with van der Waals surface area (Å²) in [6, 6.07) is 3.48. The van der Waals surface area contributed by atoms with Gasteiger partial charge in [0.15, 0.2) is 0 Å². The third kappa shape index (κ3) is 2.43. The van der Waals surface area contributed by atoms with Gasteiger partial charge in [-0.3, -0.25) is 9.48 Å². The molecule has 0 fully saturated rings. The molecule has 1 aromatic heterocycles. The molecule has 0 bridgehead atoms.